The number of hydrogen-bond donors (Lipinski definition) is 2. The fourth-order valence-corrected chi connectivity index (χ4v) is 4.42. The van der Waals surface area contributed by atoms with E-state index in [1.807, 2.05) is 18.2 Å². The average Bonchev–Trinajstić information content (AvgIpc) is 2.79. The molecule has 1 aliphatic rings. The lowest BCUT2D eigenvalue weighted by molar-refractivity contribution is -0.133. The number of anilines is 1. The standard InChI is InChI=1S/C25H26F3N3O2/c1-15(18-4-3-5-19(23(18)26)24(27)28)30-22-8-11-29-21-7-6-17(14-20(21)22)25(33)9-12-31(13-10-25)16(2)32/h3-8,11,14-15,24,33H,9-10,12-13H2,1-2H3,(H,29,30)/t15-/m1/s1. The third-order valence-corrected chi connectivity index (χ3v) is 6.45. The first-order valence-corrected chi connectivity index (χ1v) is 10.9. The Hall–Kier alpha value is -3.13. The summed E-state index contributed by atoms with van der Waals surface area (Å²) in [4.78, 5) is 17.7. The smallest absolute Gasteiger partial charge is 0.266 e. The number of amides is 1. The van der Waals surface area contributed by atoms with Crippen LogP contribution in [-0.4, -0.2) is 34.0 Å². The van der Waals surface area contributed by atoms with Gasteiger partial charge in [0.25, 0.3) is 6.43 Å². The van der Waals surface area contributed by atoms with Crippen LogP contribution in [0.3, 0.4) is 0 Å². The summed E-state index contributed by atoms with van der Waals surface area (Å²) in [6, 6.07) is 10.6. The number of piperidine rings is 1. The minimum absolute atomic E-state index is 0.0108. The predicted molar refractivity (Wildman–Crippen MR) is 121 cm³/mol. The van der Waals surface area contributed by atoms with Crippen molar-refractivity contribution in [1.29, 1.82) is 0 Å². The van der Waals surface area contributed by atoms with E-state index in [1.54, 1.807) is 24.1 Å². The fraction of sp³-hybridized carbons (Fsp3) is 0.360. The van der Waals surface area contributed by atoms with Crippen molar-refractivity contribution < 1.29 is 23.1 Å². The van der Waals surface area contributed by atoms with E-state index in [0.29, 0.717) is 42.7 Å². The second kappa shape index (κ2) is 9.02. The molecule has 0 aliphatic carbocycles. The van der Waals surface area contributed by atoms with Gasteiger partial charge in [0.1, 0.15) is 5.82 Å². The van der Waals surface area contributed by atoms with Crippen molar-refractivity contribution in [1.82, 2.24) is 9.88 Å². The van der Waals surface area contributed by atoms with Gasteiger partial charge in [-0.05, 0) is 43.5 Å². The van der Waals surface area contributed by atoms with Crippen molar-refractivity contribution in [3.63, 3.8) is 0 Å². The zero-order valence-corrected chi connectivity index (χ0v) is 18.5. The Labute approximate surface area is 190 Å². The van der Waals surface area contributed by atoms with Gasteiger partial charge in [-0.2, -0.15) is 0 Å². The highest BCUT2D eigenvalue weighted by Crippen LogP contribution is 2.36. The van der Waals surface area contributed by atoms with E-state index in [-0.39, 0.29) is 11.5 Å². The van der Waals surface area contributed by atoms with Crippen LogP contribution in [0.4, 0.5) is 18.9 Å². The summed E-state index contributed by atoms with van der Waals surface area (Å²) < 4.78 is 40.9. The van der Waals surface area contributed by atoms with Gasteiger partial charge in [0.2, 0.25) is 5.91 Å². The molecule has 0 spiro atoms. The minimum Gasteiger partial charge on any atom is -0.385 e. The summed E-state index contributed by atoms with van der Waals surface area (Å²) in [6.07, 6.45) is -0.438. The number of rotatable bonds is 5. The number of pyridine rings is 1. The van der Waals surface area contributed by atoms with Crippen molar-refractivity contribution in [2.24, 2.45) is 0 Å². The number of carbonyl (C=O) groups is 1. The SMILES string of the molecule is CC(=O)N1CCC(O)(c2ccc3nccc(N[C@H](C)c4cccc(C(F)F)c4F)c3c2)CC1. The van der Waals surface area contributed by atoms with Crippen molar-refractivity contribution in [3.8, 4) is 0 Å². The second-order valence-corrected chi connectivity index (χ2v) is 8.55. The van der Waals surface area contributed by atoms with Crippen LogP contribution in [0.25, 0.3) is 10.9 Å². The van der Waals surface area contributed by atoms with Crippen LogP contribution < -0.4 is 5.32 Å². The Morgan fingerprint density at radius 3 is 2.52 bits per heavy atom. The average molecular weight is 457 g/mol. The summed E-state index contributed by atoms with van der Waals surface area (Å²) >= 11 is 0. The molecule has 4 rings (SSSR count). The Bertz CT molecular complexity index is 1180. The molecule has 2 heterocycles. The highest BCUT2D eigenvalue weighted by molar-refractivity contribution is 5.91. The Morgan fingerprint density at radius 1 is 1.15 bits per heavy atom. The van der Waals surface area contributed by atoms with Crippen LogP contribution >= 0.6 is 0 Å². The lowest BCUT2D eigenvalue weighted by Gasteiger charge is -2.38. The molecule has 2 N–H and O–H groups in total. The van der Waals surface area contributed by atoms with E-state index in [9.17, 15) is 23.1 Å². The lowest BCUT2D eigenvalue weighted by atomic mass is 9.83. The molecule has 174 valence electrons. The van der Waals surface area contributed by atoms with Crippen molar-refractivity contribution in [2.75, 3.05) is 18.4 Å². The largest absolute Gasteiger partial charge is 0.385 e. The van der Waals surface area contributed by atoms with Crippen molar-refractivity contribution >= 4 is 22.5 Å². The molecule has 0 bridgehead atoms. The van der Waals surface area contributed by atoms with Crippen LogP contribution in [0.15, 0.2) is 48.7 Å². The normalized spacial score (nSPS) is 16.8. The van der Waals surface area contributed by atoms with E-state index in [4.69, 9.17) is 0 Å². The molecule has 0 unspecified atom stereocenters. The second-order valence-electron chi connectivity index (χ2n) is 8.55. The first kappa shape index (κ1) is 23.0. The van der Waals surface area contributed by atoms with E-state index in [0.717, 1.165) is 11.5 Å². The minimum atomic E-state index is -2.89. The molecular weight excluding hydrogens is 431 g/mol. The number of benzene rings is 2. The lowest BCUT2D eigenvalue weighted by Crippen LogP contribution is -2.44. The number of fused-ring (bicyclic) bond motifs is 1. The monoisotopic (exact) mass is 457 g/mol. The number of aromatic nitrogens is 1. The van der Waals surface area contributed by atoms with Gasteiger partial charge in [-0.25, -0.2) is 13.2 Å². The van der Waals surface area contributed by atoms with E-state index in [1.165, 1.54) is 19.1 Å². The summed E-state index contributed by atoms with van der Waals surface area (Å²) in [5.41, 5.74) is 0.499. The van der Waals surface area contributed by atoms with Gasteiger partial charge in [-0.15, -0.1) is 0 Å². The number of carbonyl (C=O) groups excluding carboxylic acids is 1. The van der Waals surface area contributed by atoms with Crippen LogP contribution in [0.5, 0.6) is 0 Å². The van der Waals surface area contributed by atoms with Gasteiger partial charge < -0.3 is 15.3 Å². The van der Waals surface area contributed by atoms with Crippen LogP contribution in [0.2, 0.25) is 0 Å². The highest BCUT2D eigenvalue weighted by Gasteiger charge is 2.35. The Morgan fingerprint density at radius 2 is 1.85 bits per heavy atom. The third kappa shape index (κ3) is 4.53. The molecule has 5 nitrogen and oxygen atoms in total. The number of hydrogen-bond acceptors (Lipinski definition) is 4. The van der Waals surface area contributed by atoms with Crippen molar-refractivity contribution in [3.05, 3.63) is 71.2 Å². The number of alkyl halides is 2. The molecular formula is C25H26F3N3O2. The Balaban J connectivity index is 1.64. The summed E-state index contributed by atoms with van der Waals surface area (Å²) in [6.45, 7) is 4.16. The van der Waals surface area contributed by atoms with Gasteiger partial charge in [0, 0.05) is 42.8 Å². The molecule has 1 atom stereocenters. The molecule has 1 saturated heterocycles. The maximum atomic E-state index is 14.6. The first-order chi connectivity index (χ1) is 15.7. The maximum Gasteiger partial charge on any atom is 0.266 e. The molecule has 2 aromatic carbocycles. The maximum absolute atomic E-state index is 14.6. The number of nitrogens with zero attached hydrogens (tertiary/aromatic N) is 2. The number of halogens is 3. The molecule has 0 radical (unpaired) electrons. The van der Waals surface area contributed by atoms with Crippen LogP contribution in [-0.2, 0) is 10.4 Å². The number of nitrogens with one attached hydrogen (secondary N) is 1. The zero-order valence-electron chi connectivity index (χ0n) is 18.5. The Kier molecular flexibility index (Phi) is 6.30. The molecule has 1 aliphatic heterocycles. The zero-order chi connectivity index (χ0) is 23.8. The van der Waals surface area contributed by atoms with Gasteiger partial charge in [0.05, 0.1) is 22.7 Å². The van der Waals surface area contributed by atoms with Crippen LogP contribution in [0, 0.1) is 5.82 Å². The van der Waals surface area contributed by atoms with Gasteiger partial charge >= 0.3 is 0 Å². The van der Waals surface area contributed by atoms with Gasteiger partial charge in [-0.3, -0.25) is 9.78 Å². The third-order valence-electron chi connectivity index (χ3n) is 6.45. The molecule has 33 heavy (non-hydrogen) atoms. The van der Waals surface area contributed by atoms with Crippen molar-refractivity contribution in [2.45, 2.75) is 44.8 Å². The fourth-order valence-electron chi connectivity index (χ4n) is 4.42. The van der Waals surface area contributed by atoms with E-state index < -0.39 is 29.4 Å². The molecule has 1 aromatic heterocycles. The van der Waals surface area contributed by atoms with Crippen LogP contribution in [0.1, 0.15) is 55.8 Å². The molecule has 3 aromatic rings. The van der Waals surface area contributed by atoms with E-state index in [2.05, 4.69) is 10.3 Å². The quantitative estimate of drug-likeness (QED) is 0.545. The molecule has 8 heteroatoms. The predicted octanol–water partition coefficient (Wildman–Crippen LogP) is 5.31. The van der Waals surface area contributed by atoms with E-state index >= 15 is 0 Å². The summed E-state index contributed by atoms with van der Waals surface area (Å²) in [7, 11) is 0. The summed E-state index contributed by atoms with van der Waals surface area (Å²) in [5, 5.41) is 15.2. The highest BCUT2D eigenvalue weighted by atomic mass is 19.3. The summed E-state index contributed by atoms with van der Waals surface area (Å²) in [5.74, 6) is -0.929. The number of aliphatic hydroxyl groups is 1. The van der Waals surface area contributed by atoms with Gasteiger partial charge in [0.15, 0.2) is 0 Å². The number of likely N-dealkylation sites (tertiary alicyclic amines) is 1. The topological polar surface area (TPSA) is 65.5 Å². The molecule has 0 saturated carbocycles. The molecule has 1 amide bonds. The first-order valence-electron chi connectivity index (χ1n) is 10.9. The molecule has 1 fully saturated rings. The van der Waals surface area contributed by atoms with Gasteiger partial charge in [-0.1, -0.05) is 24.3 Å².